The van der Waals surface area contributed by atoms with Crippen LogP contribution in [0, 0.1) is 6.92 Å². The van der Waals surface area contributed by atoms with Gasteiger partial charge in [-0.05, 0) is 63.6 Å². The summed E-state index contributed by atoms with van der Waals surface area (Å²) in [5.74, 6) is -6.53. The van der Waals surface area contributed by atoms with E-state index >= 15 is 0 Å². The highest BCUT2D eigenvalue weighted by Gasteiger charge is 2.50. The number of amides is 5. The Balaban J connectivity index is 1.30. The lowest BCUT2D eigenvalue weighted by molar-refractivity contribution is -0.145. The zero-order chi connectivity index (χ0) is 41.8. The molecule has 318 valence electrons. The van der Waals surface area contributed by atoms with Gasteiger partial charge in [-0.2, -0.15) is 0 Å². The molecule has 0 bridgehead atoms. The zero-order valence-corrected chi connectivity index (χ0v) is 33.4. The van der Waals surface area contributed by atoms with Gasteiger partial charge in [-0.15, -0.1) is 0 Å². The number of nitrogens with zero attached hydrogens (tertiary/aromatic N) is 4. The van der Waals surface area contributed by atoms with E-state index in [2.05, 4.69) is 15.6 Å². The molecule has 16 nitrogen and oxygen atoms in total. The van der Waals surface area contributed by atoms with Crippen LogP contribution < -0.4 is 15.4 Å². The number of hydrogen-bond donors (Lipinski definition) is 2. The van der Waals surface area contributed by atoms with Crippen LogP contribution in [-0.4, -0.2) is 145 Å². The fourth-order valence-electron chi connectivity index (χ4n) is 6.84. The van der Waals surface area contributed by atoms with E-state index in [-0.39, 0.29) is 69.7 Å². The molecule has 0 spiro atoms. The third-order valence-corrected chi connectivity index (χ3v) is 10.4. The van der Waals surface area contributed by atoms with E-state index in [1.54, 1.807) is 18.2 Å². The van der Waals surface area contributed by atoms with E-state index in [0.29, 0.717) is 24.1 Å². The average molecular weight is 817 g/mol. The standard InChI is InChI=1S/C40H54F2N6O10/c1-4-6-18-57-39(54)47-16-14-46(15-17-47)38(53)29(12-13-35(50)56-20-19-55-5-2)45-36(51)31-22-33(28-11-10-26(3)21-30(28)44-31)58-24-34(49)48-25-40(41,42)23-32(48)37(52)43-27-8-7-9-27/h10-11,21-22,27,29,32H,4-9,12-20,23-25H2,1-3H3,(H,43,52)(H,45,51)/t29-,32-/m0/s1. The van der Waals surface area contributed by atoms with Crippen molar-refractivity contribution in [3.8, 4) is 5.75 Å². The lowest BCUT2D eigenvalue weighted by Gasteiger charge is -2.36. The predicted molar refractivity (Wildman–Crippen MR) is 205 cm³/mol. The summed E-state index contributed by atoms with van der Waals surface area (Å²) < 4.78 is 50.8. The Bertz CT molecular complexity index is 1800. The van der Waals surface area contributed by atoms with E-state index in [1.165, 1.54) is 15.9 Å². The van der Waals surface area contributed by atoms with Crippen LogP contribution in [0.3, 0.4) is 0 Å². The number of likely N-dealkylation sites (tertiary alicyclic amines) is 1. The van der Waals surface area contributed by atoms with Gasteiger partial charge in [0, 0.05) is 63.1 Å². The molecule has 5 rings (SSSR count). The molecule has 0 radical (unpaired) electrons. The summed E-state index contributed by atoms with van der Waals surface area (Å²) in [5.41, 5.74) is 0.939. The number of rotatable bonds is 18. The largest absolute Gasteiger partial charge is 0.483 e. The fraction of sp³-hybridized carbons (Fsp3) is 0.625. The molecule has 0 unspecified atom stereocenters. The van der Waals surface area contributed by atoms with Crippen molar-refractivity contribution in [2.45, 2.75) is 96.2 Å². The number of carbonyl (C=O) groups excluding carboxylic acids is 6. The van der Waals surface area contributed by atoms with Gasteiger partial charge in [0.1, 0.15) is 30.1 Å². The first-order chi connectivity index (χ1) is 27.8. The number of alkyl halides is 2. The highest BCUT2D eigenvalue weighted by Crippen LogP contribution is 2.33. The quantitative estimate of drug-likeness (QED) is 0.166. The van der Waals surface area contributed by atoms with Crippen LogP contribution in [0.5, 0.6) is 5.75 Å². The van der Waals surface area contributed by atoms with Crippen LogP contribution in [0.2, 0.25) is 0 Å². The normalized spacial score (nSPS) is 18.3. The predicted octanol–water partition coefficient (Wildman–Crippen LogP) is 3.37. The second kappa shape index (κ2) is 20.5. The molecule has 2 saturated heterocycles. The number of esters is 1. The van der Waals surface area contributed by atoms with Crippen LogP contribution in [0.25, 0.3) is 10.9 Å². The molecule has 58 heavy (non-hydrogen) atoms. The number of halogens is 2. The van der Waals surface area contributed by atoms with Gasteiger partial charge in [0.15, 0.2) is 6.61 Å². The summed E-state index contributed by atoms with van der Waals surface area (Å²) in [7, 11) is 0. The minimum atomic E-state index is -3.26. The summed E-state index contributed by atoms with van der Waals surface area (Å²) in [6.07, 6.45) is 2.45. The number of nitrogens with one attached hydrogen (secondary N) is 2. The molecule has 1 aliphatic carbocycles. The minimum absolute atomic E-state index is 0.0220. The average Bonchev–Trinajstić information content (AvgIpc) is 3.53. The van der Waals surface area contributed by atoms with E-state index in [9.17, 15) is 37.5 Å². The fourth-order valence-corrected chi connectivity index (χ4v) is 6.84. The van der Waals surface area contributed by atoms with E-state index in [0.717, 1.165) is 42.6 Å². The van der Waals surface area contributed by atoms with Crippen molar-refractivity contribution in [1.29, 1.82) is 0 Å². The number of fused-ring (bicyclic) bond motifs is 1. The third kappa shape index (κ3) is 12.0. The lowest BCUT2D eigenvalue weighted by atomic mass is 9.93. The Kier molecular flexibility index (Phi) is 15.6. The molecule has 2 aromatic rings. The minimum Gasteiger partial charge on any atom is -0.483 e. The van der Waals surface area contributed by atoms with Gasteiger partial charge in [0.05, 0.1) is 25.3 Å². The maximum absolute atomic E-state index is 14.6. The maximum Gasteiger partial charge on any atom is 0.409 e. The van der Waals surface area contributed by atoms with Crippen LogP contribution >= 0.6 is 0 Å². The van der Waals surface area contributed by atoms with E-state index < -0.39 is 73.3 Å². The van der Waals surface area contributed by atoms with Crippen molar-refractivity contribution < 1.29 is 56.5 Å². The highest BCUT2D eigenvalue weighted by atomic mass is 19.3. The molecule has 2 atom stereocenters. The molecule has 1 aromatic carbocycles. The first kappa shape index (κ1) is 44.0. The van der Waals surface area contributed by atoms with Crippen molar-refractivity contribution in [1.82, 2.24) is 30.3 Å². The van der Waals surface area contributed by atoms with E-state index in [4.69, 9.17) is 18.9 Å². The van der Waals surface area contributed by atoms with Crippen LogP contribution in [0.1, 0.15) is 81.3 Å². The Labute approximate surface area is 336 Å². The number of unbranched alkanes of at least 4 members (excludes halogenated alkanes) is 1. The summed E-state index contributed by atoms with van der Waals surface area (Å²) in [6.45, 7) is 5.69. The van der Waals surface area contributed by atoms with Gasteiger partial charge in [-0.3, -0.25) is 24.0 Å². The molecule has 3 fully saturated rings. The Morgan fingerprint density at radius 1 is 0.966 bits per heavy atom. The summed E-state index contributed by atoms with van der Waals surface area (Å²) >= 11 is 0. The summed E-state index contributed by atoms with van der Waals surface area (Å²) in [5, 5.41) is 5.89. The number of aromatic nitrogens is 1. The molecule has 2 N–H and O–H groups in total. The summed E-state index contributed by atoms with van der Waals surface area (Å²) in [6, 6.07) is 3.77. The van der Waals surface area contributed by atoms with Crippen molar-refractivity contribution in [2.75, 3.05) is 65.8 Å². The molecule has 5 amide bonds. The number of aryl methyl sites for hydroxylation is 1. The van der Waals surface area contributed by atoms with E-state index in [1.807, 2.05) is 20.8 Å². The van der Waals surface area contributed by atoms with Crippen LogP contribution in [0.15, 0.2) is 24.3 Å². The maximum atomic E-state index is 14.6. The van der Waals surface area contributed by atoms with Crippen LogP contribution in [0.4, 0.5) is 13.6 Å². The summed E-state index contributed by atoms with van der Waals surface area (Å²) in [4.78, 5) is 87.6. The molecular formula is C40H54F2N6O10. The number of carbonyl (C=O) groups is 6. The van der Waals surface area contributed by atoms with Gasteiger partial charge < -0.3 is 44.3 Å². The smallest absolute Gasteiger partial charge is 0.409 e. The van der Waals surface area contributed by atoms with Crippen molar-refractivity contribution in [3.05, 3.63) is 35.5 Å². The molecule has 2 aliphatic heterocycles. The molecule has 3 heterocycles. The van der Waals surface area contributed by atoms with Gasteiger partial charge in [-0.25, -0.2) is 18.6 Å². The van der Waals surface area contributed by atoms with Gasteiger partial charge in [0.25, 0.3) is 17.7 Å². The number of pyridine rings is 1. The number of hydrogen-bond acceptors (Lipinski definition) is 11. The Morgan fingerprint density at radius 3 is 2.40 bits per heavy atom. The topological polar surface area (TPSA) is 186 Å². The van der Waals surface area contributed by atoms with Crippen molar-refractivity contribution in [2.24, 2.45) is 0 Å². The first-order valence-electron chi connectivity index (χ1n) is 20.0. The van der Waals surface area contributed by atoms with Gasteiger partial charge in [0.2, 0.25) is 11.8 Å². The Morgan fingerprint density at radius 2 is 1.71 bits per heavy atom. The number of piperazine rings is 1. The zero-order valence-electron chi connectivity index (χ0n) is 33.4. The molecular weight excluding hydrogens is 762 g/mol. The SMILES string of the molecule is CCCCOC(=O)N1CCN(C(=O)[C@H](CCC(=O)OCCOCC)NC(=O)c2cc(OCC(=O)N3CC(F)(F)C[C@H]3C(=O)NC3CCC3)c3ccc(C)cc3n2)CC1. The monoisotopic (exact) mass is 816 g/mol. The first-order valence-corrected chi connectivity index (χ1v) is 20.0. The van der Waals surface area contributed by atoms with Crippen molar-refractivity contribution in [3.63, 3.8) is 0 Å². The molecule has 1 saturated carbocycles. The lowest BCUT2D eigenvalue weighted by Crippen LogP contribution is -2.56. The highest BCUT2D eigenvalue weighted by molar-refractivity contribution is 5.99. The van der Waals surface area contributed by atoms with Crippen molar-refractivity contribution >= 4 is 46.6 Å². The number of ether oxygens (including phenoxy) is 4. The number of benzene rings is 1. The Hall–Kier alpha value is -5.13. The van der Waals surface area contributed by atoms with Crippen LogP contribution in [-0.2, 0) is 33.4 Å². The van der Waals surface area contributed by atoms with Gasteiger partial charge in [-0.1, -0.05) is 19.4 Å². The second-order valence-corrected chi connectivity index (χ2v) is 14.8. The molecule has 1 aromatic heterocycles. The third-order valence-electron chi connectivity index (χ3n) is 10.4. The second-order valence-electron chi connectivity index (χ2n) is 14.8. The molecule has 18 heteroatoms. The van der Waals surface area contributed by atoms with Gasteiger partial charge >= 0.3 is 12.1 Å². The molecule has 3 aliphatic rings.